The molecule has 3 aromatic carbocycles. The van der Waals surface area contributed by atoms with E-state index in [2.05, 4.69) is 27.6 Å². The van der Waals surface area contributed by atoms with Gasteiger partial charge in [-0.2, -0.15) is 0 Å². The van der Waals surface area contributed by atoms with Crippen LogP contribution in [0.15, 0.2) is 65.1 Å². The van der Waals surface area contributed by atoms with Crippen LogP contribution in [0.1, 0.15) is 5.89 Å². The summed E-state index contributed by atoms with van der Waals surface area (Å²) in [7, 11) is 0. The van der Waals surface area contributed by atoms with Gasteiger partial charge >= 0.3 is 0 Å². The average molecular weight is 316 g/mol. The Kier molecular flexibility index (Phi) is 3.39. The van der Waals surface area contributed by atoms with E-state index in [9.17, 15) is 0 Å². The molecule has 0 amide bonds. The van der Waals surface area contributed by atoms with E-state index < -0.39 is 0 Å². The van der Waals surface area contributed by atoms with Gasteiger partial charge in [0.05, 0.1) is 11.4 Å². The minimum absolute atomic E-state index is 0.518. The molecule has 118 valence electrons. The van der Waals surface area contributed by atoms with Crippen molar-refractivity contribution in [3.05, 3.63) is 66.6 Å². The Balaban J connectivity index is 1.62. The monoisotopic (exact) mass is 316 g/mol. The van der Waals surface area contributed by atoms with Gasteiger partial charge in [-0.1, -0.05) is 30.3 Å². The molecule has 0 saturated carbocycles. The zero-order chi connectivity index (χ0) is 16.5. The first kappa shape index (κ1) is 14.3. The van der Waals surface area contributed by atoms with Crippen LogP contribution in [0.25, 0.3) is 22.2 Å². The summed E-state index contributed by atoms with van der Waals surface area (Å²) in [6, 6.07) is 19.9. The van der Waals surface area contributed by atoms with Crippen LogP contribution in [0.2, 0.25) is 0 Å². The van der Waals surface area contributed by atoms with Crippen LogP contribution in [0.3, 0.4) is 0 Å². The molecule has 5 nitrogen and oxygen atoms in total. The Labute approximate surface area is 139 Å². The fourth-order valence-electron chi connectivity index (χ4n) is 2.67. The Morgan fingerprint density at radius 2 is 1.71 bits per heavy atom. The molecule has 1 aromatic heterocycles. The molecule has 4 rings (SSSR count). The van der Waals surface area contributed by atoms with Gasteiger partial charge in [-0.3, -0.25) is 0 Å². The molecule has 0 bridgehead atoms. The van der Waals surface area contributed by atoms with Gasteiger partial charge in [-0.15, -0.1) is 10.2 Å². The number of rotatable bonds is 3. The van der Waals surface area contributed by atoms with E-state index in [1.54, 1.807) is 6.92 Å². The van der Waals surface area contributed by atoms with Gasteiger partial charge in [0.15, 0.2) is 0 Å². The van der Waals surface area contributed by atoms with Gasteiger partial charge in [0.1, 0.15) is 0 Å². The third kappa shape index (κ3) is 2.56. The Morgan fingerprint density at radius 3 is 2.46 bits per heavy atom. The number of benzene rings is 3. The van der Waals surface area contributed by atoms with E-state index in [1.807, 2.05) is 48.5 Å². The van der Waals surface area contributed by atoms with Crippen LogP contribution >= 0.6 is 0 Å². The minimum atomic E-state index is 0.518. The van der Waals surface area contributed by atoms with E-state index >= 15 is 0 Å². The van der Waals surface area contributed by atoms with E-state index in [-0.39, 0.29) is 0 Å². The molecule has 0 unspecified atom stereocenters. The molecule has 24 heavy (non-hydrogen) atoms. The first-order chi connectivity index (χ1) is 11.7. The SMILES string of the molecule is Cc1nnc(-c2ccc(Nc3ccc4ccccc4c3N)cc2)o1. The normalized spacial score (nSPS) is 10.9. The second-order valence-electron chi connectivity index (χ2n) is 5.58. The lowest BCUT2D eigenvalue weighted by molar-refractivity contribution is 0.533. The van der Waals surface area contributed by atoms with Crippen LogP contribution < -0.4 is 11.1 Å². The highest BCUT2D eigenvalue weighted by Gasteiger charge is 2.07. The fraction of sp³-hybridized carbons (Fsp3) is 0.0526. The zero-order valence-corrected chi connectivity index (χ0v) is 13.2. The lowest BCUT2D eigenvalue weighted by atomic mass is 10.1. The highest BCUT2D eigenvalue weighted by atomic mass is 16.4. The summed E-state index contributed by atoms with van der Waals surface area (Å²) in [6.45, 7) is 1.77. The van der Waals surface area contributed by atoms with Gasteiger partial charge in [-0.05, 0) is 35.7 Å². The molecular weight excluding hydrogens is 300 g/mol. The molecule has 1 heterocycles. The molecule has 3 N–H and O–H groups in total. The number of nitrogens with two attached hydrogens (primary N) is 1. The maximum Gasteiger partial charge on any atom is 0.247 e. The number of hydrogen-bond acceptors (Lipinski definition) is 5. The van der Waals surface area contributed by atoms with Crippen LogP contribution in [-0.2, 0) is 0 Å². The summed E-state index contributed by atoms with van der Waals surface area (Å²) in [5.74, 6) is 1.07. The van der Waals surface area contributed by atoms with Crippen molar-refractivity contribution in [3.8, 4) is 11.5 Å². The van der Waals surface area contributed by atoms with E-state index in [4.69, 9.17) is 10.2 Å². The van der Waals surface area contributed by atoms with Gasteiger partial charge in [0.2, 0.25) is 11.8 Å². The summed E-state index contributed by atoms with van der Waals surface area (Å²) in [6.07, 6.45) is 0. The topological polar surface area (TPSA) is 77.0 Å². The van der Waals surface area contributed by atoms with Crippen molar-refractivity contribution in [3.63, 3.8) is 0 Å². The second-order valence-corrected chi connectivity index (χ2v) is 5.58. The van der Waals surface area contributed by atoms with Crippen molar-refractivity contribution in [1.29, 1.82) is 0 Å². The number of nitrogens with one attached hydrogen (secondary N) is 1. The van der Waals surface area contributed by atoms with Gasteiger partial charge in [0, 0.05) is 23.6 Å². The maximum absolute atomic E-state index is 6.29. The molecule has 4 aromatic rings. The predicted octanol–water partition coefficient (Wildman–Crippen LogP) is 4.52. The molecule has 5 heteroatoms. The minimum Gasteiger partial charge on any atom is -0.421 e. The van der Waals surface area contributed by atoms with Crippen molar-refractivity contribution in [1.82, 2.24) is 10.2 Å². The number of nitrogens with zero attached hydrogens (tertiary/aromatic N) is 2. The number of fused-ring (bicyclic) bond motifs is 1. The highest BCUT2D eigenvalue weighted by Crippen LogP contribution is 2.31. The highest BCUT2D eigenvalue weighted by molar-refractivity contribution is 5.99. The third-order valence-electron chi connectivity index (χ3n) is 3.91. The average Bonchev–Trinajstić information content (AvgIpc) is 3.05. The molecule has 0 fully saturated rings. The summed E-state index contributed by atoms with van der Waals surface area (Å²) in [5, 5.41) is 13.4. The van der Waals surface area contributed by atoms with Crippen LogP contribution in [0, 0.1) is 6.92 Å². The smallest absolute Gasteiger partial charge is 0.247 e. The summed E-state index contributed by atoms with van der Waals surface area (Å²) >= 11 is 0. The van der Waals surface area contributed by atoms with Crippen molar-refractivity contribution in [2.75, 3.05) is 11.1 Å². The third-order valence-corrected chi connectivity index (χ3v) is 3.91. The molecule has 0 atom stereocenters. The zero-order valence-electron chi connectivity index (χ0n) is 13.2. The van der Waals surface area contributed by atoms with E-state index in [1.165, 1.54) is 0 Å². The Hall–Kier alpha value is -3.34. The number of anilines is 3. The molecule has 0 aliphatic rings. The molecule has 0 radical (unpaired) electrons. The Bertz CT molecular complexity index is 1010. The van der Waals surface area contributed by atoms with E-state index in [0.717, 1.165) is 33.4 Å². The van der Waals surface area contributed by atoms with Crippen LogP contribution in [0.4, 0.5) is 17.1 Å². The van der Waals surface area contributed by atoms with Crippen molar-refractivity contribution >= 4 is 27.8 Å². The number of aromatic nitrogens is 2. The van der Waals surface area contributed by atoms with Crippen LogP contribution in [0.5, 0.6) is 0 Å². The first-order valence-corrected chi connectivity index (χ1v) is 7.65. The van der Waals surface area contributed by atoms with Gasteiger partial charge < -0.3 is 15.5 Å². The standard InChI is InChI=1S/C19H16N4O/c1-12-22-23-19(24-12)14-6-9-15(10-7-14)21-17-11-8-13-4-2-3-5-16(13)18(17)20/h2-11,21H,20H2,1H3. The lowest BCUT2D eigenvalue weighted by Crippen LogP contribution is -1.97. The molecule has 0 aliphatic heterocycles. The summed E-state index contributed by atoms with van der Waals surface area (Å²) < 4.78 is 5.43. The lowest BCUT2D eigenvalue weighted by Gasteiger charge is -2.12. The van der Waals surface area contributed by atoms with Gasteiger partial charge in [0.25, 0.3) is 0 Å². The quantitative estimate of drug-likeness (QED) is 0.543. The van der Waals surface area contributed by atoms with Crippen molar-refractivity contribution in [2.45, 2.75) is 6.92 Å². The van der Waals surface area contributed by atoms with Crippen molar-refractivity contribution < 1.29 is 4.42 Å². The number of nitrogen functional groups attached to an aromatic ring is 1. The molecular formula is C19H16N4O. The second kappa shape index (κ2) is 5.70. The fourth-order valence-corrected chi connectivity index (χ4v) is 2.67. The molecule has 0 spiro atoms. The van der Waals surface area contributed by atoms with Crippen molar-refractivity contribution in [2.24, 2.45) is 0 Å². The molecule has 0 aliphatic carbocycles. The number of aryl methyl sites for hydroxylation is 1. The molecule has 0 saturated heterocycles. The predicted molar refractivity (Wildman–Crippen MR) is 96.1 cm³/mol. The number of hydrogen-bond donors (Lipinski definition) is 2. The first-order valence-electron chi connectivity index (χ1n) is 7.65. The van der Waals surface area contributed by atoms with Crippen LogP contribution in [-0.4, -0.2) is 10.2 Å². The summed E-state index contributed by atoms with van der Waals surface area (Å²) in [4.78, 5) is 0. The maximum atomic E-state index is 6.29. The van der Waals surface area contributed by atoms with Gasteiger partial charge in [-0.25, -0.2) is 0 Å². The van der Waals surface area contributed by atoms with E-state index in [0.29, 0.717) is 11.8 Å². The Morgan fingerprint density at radius 1 is 0.917 bits per heavy atom. The largest absolute Gasteiger partial charge is 0.421 e. The summed E-state index contributed by atoms with van der Waals surface area (Å²) in [5.41, 5.74) is 9.74.